The minimum atomic E-state index is -0.228. The Labute approximate surface area is 172 Å². The molecule has 0 radical (unpaired) electrons. The fourth-order valence-corrected chi connectivity index (χ4v) is 3.20. The number of nitrogens with two attached hydrogens (primary N) is 1. The predicted octanol–water partition coefficient (Wildman–Crippen LogP) is 4.52. The van der Waals surface area contributed by atoms with Gasteiger partial charge in [0, 0.05) is 31.0 Å². The summed E-state index contributed by atoms with van der Waals surface area (Å²) in [6.45, 7) is 6.64. The lowest BCUT2D eigenvalue weighted by molar-refractivity contribution is -0.121. The van der Waals surface area contributed by atoms with Gasteiger partial charge in [-0.05, 0) is 24.0 Å². The predicted molar refractivity (Wildman–Crippen MR) is 115 cm³/mol. The van der Waals surface area contributed by atoms with Crippen LogP contribution in [0.4, 0.5) is 0 Å². The Bertz CT molecular complexity index is 931. The van der Waals surface area contributed by atoms with Crippen LogP contribution in [0.2, 0.25) is 0 Å². The van der Waals surface area contributed by atoms with Crippen molar-refractivity contribution >= 4 is 5.91 Å². The Hall–Kier alpha value is -2.92. The molecule has 1 amide bonds. The summed E-state index contributed by atoms with van der Waals surface area (Å²) in [7, 11) is 0. The molecule has 0 saturated carbocycles. The highest BCUT2D eigenvalue weighted by atomic mass is 16.4. The van der Waals surface area contributed by atoms with Gasteiger partial charge in [-0.15, -0.1) is 0 Å². The van der Waals surface area contributed by atoms with Crippen LogP contribution in [0.5, 0.6) is 0 Å². The highest BCUT2D eigenvalue weighted by Crippen LogP contribution is 2.24. The lowest BCUT2D eigenvalue weighted by Crippen LogP contribution is -2.32. The first-order valence-corrected chi connectivity index (χ1v) is 10.1. The summed E-state index contributed by atoms with van der Waals surface area (Å²) < 4.78 is 5.86. The third-order valence-electron chi connectivity index (χ3n) is 4.99. The number of nitrogens with zero attached hydrogens (tertiary/aromatic N) is 1. The first-order chi connectivity index (χ1) is 13.9. The minimum absolute atomic E-state index is 0.0589. The van der Waals surface area contributed by atoms with Crippen molar-refractivity contribution in [2.45, 2.75) is 45.6 Å². The van der Waals surface area contributed by atoms with Gasteiger partial charge in [-0.1, -0.05) is 68.4 Å². The summed E-state index contributed by atoms with van der Waals surface area (Å²) >= 11 is 0. The van der Waals surface area contributed by atoms with Crippen LogP contribution in [0.25, 0.3) is 11.3 Å². The molecule has 152 valence electrons. The highest BCUT2D eigenvalue weighted by Gasteiger charge is 2.14. The second-order valence-corrected chi connectivity index (χ2v) is 7.62. The third kappa shape index (κ3) is 5.55. The molecule has 1 atom stereocenters. The van der Waals surface area contributed by atoms with E-state index in [2.05, 4.69) is 36.3 Å². The van der Waals surface area contributed by atoms with Crippen LogP contribution in [0.1, 0.15) is 54.9 Å². The molecule has 0 aliphatic heterocycles. The number of aromatic nitrogens is 1. The number of aryl methyl sites for hydroxylation is 2. The molecular weight excluding hydrogens is 362 g/mol. The summed E-state index contributed by atoms with van der Waals surface area (Å²) in [5.41, 5.74) is 10.3. The van der Waals surface area contributed by atoms with Gasteiger partial charge in [-0.3, -0.25) is 4.79 Å². The summed E-state index contributed by atoms with van der Waals surface area (Å²) in [4.78, 5) is 16.7. The Balaban J connectivity index is 1.49. The van der Waals surface area contributed by atoms with E-state index in [-0.39, 0.29) is 11.9 Å². The number of benzene rings is 2. The SMILES string of the molecule is Cc1nc(CCC(=O)NCC(N)c2ccc(C(C)C)cc2)oc1-c1ccccc1. The van der Waals surface area contributed by atoms with E-state index in [1.807, 2.05) is 49.4 Å². The number of carbonyl (C=O) groups excluding carboxylic acids is 1. The fourth-order valence-electron chi connectivity index (χ4n) is 3.20. The number of oxazole rings is 1. The van der Waals surface area contributed by atoms with Crippen molar-refractivity contribution in [3.63, 3.8) is 0 Å². The zero-order valence-electron chi connectivity index (χ0n) is 17.3. The first kappa shape index (κ1) is 20.8. The van der Waals surface area contributed by atoms with E-state index >= 15 is 0 Å². The molecule has 0 bridgehead atoms. The van der Waals surface area contributed by atoms with Gasteiger partial charge in [0.25, 0.3) is 0 Å². The minimum Gasteiger partial charge on any atom is -0.440 e. The van der Waals surface area contributed by atoms with Crippen molar-refractivity contribution in [3.05, 3.63) is 77.3 Å². The number of hydrogen-bond acceptors (Lipinski definition) is 4. The van der Waals surface area contributed by atoms with E-state index in [0.717, 1.165) is 22.6 Å². The lowest BCUT2D eigenvalue weighted by Gasteiger charge is -2.14. The highest BCUT2D eigenvalue weighted by molar-refractivity contribution is 5.76. The Morgan fingerprint density at radius 3 is 2.38 bits per heavy atom. The number of amides is 1. The van der Waals surface area contributed by atoms with Crippen LogP contribution in [0, 0.1) is 6.92 Å². The van der Waals surface area contributed by atoms with Crippen molar-refractivity contribution < 1.29 is 9.21 Å². The number of hydrogen-bond donors (Lipinski definition) is 2. The summed E-state index contributed by atoms with van der Waals surface area (Å²) in [5, 5.41) is 2.91. The van der Waals surface area contributed by atoms with E-state index in [4.69, 9.17) is 10.2 Å². The van der Waals surface area contributed by atoms with Gasteiger partial charge in [-0.2, -0.15) is 0 Å². The molecule has 3 aromatic rings. The third-order valence-corrected chi connectivity index (χ3v) is 4.99. The van der Waals surface area contributed by atoms with E-state index in [9.17, 15) is 4.79 Å². The molecule has 3 rings (SSSR count). The van der Waals surface area contributed by atoms with Crippen LogP contribution < -0.4 is 11.1 Å². The van der Waals surface area contributed by atoms with E-state index < -0.39 is 0 Å². The van der Waals surface area contributed by atoms with Crippen LogP contribution in [0.3, 0.4) is 0 Å². The van der Waals surface area contributed by atoms with Gasteiger partial charge in [0.1, 0.15) is 0 Å². The number of rotatable bonds is 8. The van der Waals surface area contributed by atoms with Gasteiger partial charge < -0.3 is 15.5 Å². The molecule has 29 heavy (non-hydrogen) atoms. The van der Waals surface area contributed by atoms with Crippen LogP contribution in [0.15, 0.2) is 59.0 Å². The summed E-state index contributed by atoms with van der Waals surface area (Å²) in [6, 6.07) is 17.9. The second-order valence-electron chi connectivity index (χ2n) is 7.62. The molecule has 3 N–H and O–H groups in total. The van der Waals surface area contributed by atoms with Crippen molar-refractivity contribution in [3.8, 4) is 11.3 Å². The zero-order chi connectivity index (χ0) is 20.8. The number of carbonyl (C=O) groups is 1. The van der Waals surface area contributed by atoms with Gasteiger partial charge >= 0.3 is 0 Å². The Morgan fingerprint density at radius 2 is 1.72 bits per heavy atom. The zero-order valence-corrected chi connectivity index (χ0v) is 17.3. The molecular formula is C24H29N3O2. The molecule has 2 aromatic carbocycles. The molecule has 0 spiro atoms. The largest absolute Gasteiger partial charge is 0.440 e. The van der Waals surface area contributed by atoms with Crippen molar-refractivity contribution in [1.82, 2.24) is 10.3 Å². The van der Waals surface area contributed by atoms with Crippen LogP contribution in [-0.2, 0) is 11.2 Å². The molecule has 0 fully saturated rings. The number of nitrogens with one attached hydrogen (secondary N) is 1. The molecule has 1 unspecified atom stereocenters. The van der Waals surface area contributed by atoms with Gasteiger partial charge in [0.15, 0.2) is 11.7 Å². The maximum Gasteiger partial charge on any atom is 0.220 e. The molecule has 5 nitrogen and oxygen atoms in total. The average Bonchev–Trinajstić information content (AvgIpc) is 3.11. The lowest BCUT2D eigenvalue weighted by atomic mass is 9.99. The quantitative estimate of drug-likeness (QED) is 0.591. The van der Waals surface area contributed by atoms with Crippen molar-refractivity contribution in [1.29, 1.82) is 0 Å². The average molecular weight is 392 g/mol. The summed E-state index contributed by atoms with van der Waals surface area (Å²) in [6.07, 6.45) is 0.769. The van der Waals surface area contributed by atoms with Gasteiger partial charge in [-0.25, -0.2) is 4.98 Å². The fraction of sp³-hybridized carbons (Fsp3) is 0.333. The molecule has 0 aliphatic carbocycles. The Morgan fingerprint density at radius 1 is 1.07 bits per heavy atom. The molecule has 1 heterocycles. The molecule has 0 saturated heterocycles. The summed E-state index contributed by atoms with van der Waals surface area (Å²) in [5.74, 6) is 1.76. The molecule has 1 aromatic heterocycles. The van der Waals surface area contributed by atoms with E-state index in [1.165, 1.54) is 5.56 Å². The maximum absolute atomic E-state index is 12.2. The van der Waals surface area contributed by atoms with E-state index in [1.54, 1.807) is 0 Å². The maximum atomic E-state index is 12.2. The van der Waals surface area contributed by atoms with Gasteiger partial charge in [0.05, 0.1) is 5.69 Å². The smallest absolute Gasteiger partial charge is 0.220 e. The topological polar surface area (TPSA) is 81.2 Å². The van der Waals surface area contributed by atoms with E-state index in [0.29, 0.717) is 31.2 Å². The molecule has 0 aliphatic rings. The second kappa shape index (κ2) is 9.52. The standard InChI is InChI=1S/C24H29N3O2/c1-16(2)18-9-11-19(12-10-18)21(25)15-26-22(28)13-14-23-27-17(3)24(29-23)20-7-5-4-6-8-20/h4-12,16,21H,13-15,25H2,1-3H3,(H,26,28). The van der Waals surface area contributed by atoms with Crippen LogP contribution in [-0.4, -0.2) is 17.4 Å². The Kier molecular flexibility index (Phi) is 6.83. The molecule has 5 heteroatoms. The monoisotopic (exact) mass is 391 g/mol. The normalized spacial score (nSPS) is 12.2. The van der Waals surface area contributed by atoms with Crippen LogP contribution >= 0.6 is 0 Å². The first-order valence-electron chi connectivity index (χ1n) is 10.1. The van der Waals surface area contributed by atoms with Crippen molar-refractivity contribution in [2.24, 2.45) is 5.73 Å². The van der Waals surface area contributed by atoms with Crippen molar-refractivity contribution in [2.75, 3.05) is 6.54 Å². The van der Waals surface area contributed by atoms with Gasteiger partial charge in [0.2, 0.25) is 5.91 Å².